The Morgan fingerprint density at radius 1 is 1.50 bits per heavy atom. The van der Waals surface area contributed by atoms with Crippen LogP contribution in [0.3, 0.4) is 0 Å². The van der Waals surface area contributed by atoms with Crippen molar-refractivity contribution in [1.82, 2.24) is 0 Å². The highest BCUT2D eigenvalue weighted by molar-refractivity contribution is 14.1. The van der Waals surface area contributed by atoms with Gasteiger partial charge in [-0.3, -0.25) is 0 Å². The Bertz CT molecular complexity index is 249. The van der Waals surface area contributed by atoms with Crippen molar-refractivity contribution in [3.8, 4) is 0 Å². The molecule has 0 aromatic heterocycles. The second kappa shape index (κ2) is 3.81. The van der Waals surface area contributed by atoms with Crippen molar-refractivity contribution in [2.45, 2.75) is 43.8 Å². The Labute approximate surface area is 97.5 Å². The summed E-state index contributed by atoms with van der Waals surface area (Å²) >= 11 is 1.94. The van der Waals surface area contributed by atoms with Crippen LogP contribution >= 0.6 is 23.0 Å². The van der Waals surface area contributed by atoms with Crippen molar-refractivity contribution >= 4 is 29.0 Å². The molecule has 0 radical (unpaired) electrons. The largest absolute Gasteiger partial charge is 0.455 e. The molecule has 78 valence electrons. The van der Waals surface area contributed by atoms with Gasteiger partial charge >= 0.3 is 5.97 Å². The van der Waals surface area contributed by atoms with Gasteiger partial charge in [-0.1, -0.05) is 6.58 Å². The van der Waals surface area contributed by atoms with E-state index in [0.717, 1.165) is 25.7 Å². The average Bonchev–Trinajstić information content (AvgIpc) is 2.44. The quantitative estimate of drug-likeness (QED) is 0.424. The summed E-state index contributed by atoms with van der Waals surface area (Å²) in [5.41, 5.74) is 0.388. The molecule has 2 rings (SSSR count). The second-order valence-electron chi connectivity index (χ2n) is 4.14. The van der Waals surface area contributed by atoms with Crippen LogP contribution in [0.5, 0.6) is 0 Å². The molecule has 0 amide bonds. The zero-order valence-electron chi connectivity index (χ0n) is 7.92. The van der Waals surface area contributed by atoms with Crippen LogP contribution in [0.4, 0.5) is 0 Å². The lowest BCUT2D eigenvalue weighted by Crippen LogP contribution is -2.35. The highest BCUT2D eigenvalue weighted by Crippen LogP contribution is 2.42. The number of hydrogen-bond donors (Lipinski definition) is 0. The maximum atomic E-state index is 11.2. The third kappa shape index (κ3) is 1.82. The number of carbonyl (C=O) groups excluding carboxylic acids is 1. The smallest absolute Gasteiger partial charge is 0.334 e. The van der Waals surface area contributed by atoms with Crippen molar-refractivity contribution in [3.05, 3.63) is 12.2 Å². The second-order valence-corrected chi connectivity index (χ2v) is 4.65. The lowest BCUT2D eigenvalue weighted by Gasteiger charge is -2.34. The fourth-order valence-electron chi connectivity index (χ4n) is 2.25. The predicted molar refractivity (Wildman–Crippen MR) is 59.9 cm³/mol. The van der Waals surface area contributed by atoms with E-state index in [0.29, 0.717) is 18.1 Å². The van der Waals surface area contributed by atoms with E-state index in [4.69, 9.17) is 7.80 Å². The van der Waals surface area contributed by atoms with Crippen molar-refractivity contribution < 1.29 is 12.6 Å². The summed E-state index contributed by atoms with van der Waals surface area (Å²) in [5, 5.41) is 0. The summed E-state index contributed by atoms with van der Waals surface area (Å²) in [4.78, 5) is 11.2. The molecule has 4 heteroatoms. The number of hydrogen-bond acceptors (Lipinski definition) is 3. The molecule has 1 aliphatic heterocycles. The highest BCUT2D eigenvalue weighted by Gasteiger charge is 2.45. The van der Waals surface area contributed by atoms with Crippen molar-refractivity contribution in [1.29, 1.82) is 0 Å². The van der Waals surface area contributed by atoms with Gasteiger partial charge in [-0.2, -0.15) is 0 Å². The molecule has 2 fully saturated rings. The number of carbonyl (C=O) groups is 1. The molecule has 1 heterocycles. The van der Waals surface area contributed by atoms with Crippen LogP contribution < -0.4 is 0 Å². The summed E-state index contributed by atoms with van der Waals surface area (Å²) in [6, 6.07) is 0. The molecule has 0 aromatic carbocycles. The number of halogens is 1. The van der Waals surface area contributed by atoms with Crippen LogP contribution in [0.25, 0.3) is 0 Å². The van der Waals surface area contributed by atoms with Gasteiger partial charge in [0.15, 0.2) is 0 Å². The molecule has 0 bridgehead atoms. The van der Waals surface area contributed by atoms with E-state index in [9.17, 15) is 4.79 Å². The van der Waals surface area contributed by atoms with Gasteiger partial charge < -0.3 is 7.80 Å². The minimum atomic E-state index is -0.236. The first-order valence-corrected chi connectivity index (χ1v) is 5.72. The van der Waals surface area contributed by atoms with Crippen LogP contribution in [0, 0.1) is 0 Å². The van der Waals surface area contributed by atoms with Crippen LogP contribution in [0.1, 0.15) is 32.1 Å². The Kier molecular flexibility index (Phi) is 2.83. The zero-order chi connectivity index (χ0) is 10.2. The van der Waals surface area contributed by atoms with Gasteiger partial charge in [-0.15, -0.1) is 0 Å². The Morgan fingerprint density at radius 2 is 2.14 bits per heavy atom. The summed E-state index contributed by atoms with van der Waals surface area (Å²) < 4.78 is 10.7. The molecule has 1 saturated carbocycles. The van der Waals surface area contributed by atoms with E-state index in [2.05, 4.69) is 6.58 Å². The molecule has 0 N–H and O–H groups in total. The molecule has 14 heavy (non-hydrogen) atoms. The molecule has 1 saturated heterocycles. The number of esters is 1. The van der Waals surface area contributed by atoms with E-state index in [-0.39, 0.29) is 11.6 Å². The fraction of sp³-hybridized carbons (Fsp3) is 0.700. The van der Waals surface area contributed by atoms with E-state index in [1.165, 1.54) is 0 Å². The van der Waals surface area contributed by atoms with Gasteiger partial charge in [0.25, 0.3) is 0 Å². The minimum Gasteiger partial charge on any atom is -0.455 e. The predicted octanol–water partition coefficient (Wildman–Crippen LogP) is 2.54. The van der Waals surface area contributed by atoms with Crippen molar-refractivity contribution in [2.75, 3.05) is 0 Å². The van der Waals surface area contributed by atoms with Gasteiger partial charge in [0, 0.05) is 12.0 Å². The molecule has 2 aliphatic rings. The van der Waals surface area contributed by atoms with Gasteiger partial charge in [0.1, 0.15) is 28.6 Å². The zero-order valence-corrected chi connectivity index (χ0v) is 10.1. The summed E-state index contributed by atoms with van der Waals surface area (Å²) in [6.45, 7) is 3.72. The molecule has 1 aliphatic carbocycles. The van der Waals surface area contributed by atoms with Gasteiger partial charge in [0.2, 0.25) is 0 Å². The summed E-state index contributed by atoms with van der Waals surface area (Å²) in [6.07, 6.45) is 4.80. The van der Waals surface area contributed by atoms with Crippen molar-refractivity contribution in [2.24, 2.45) is 0 Å². The third-order valence-electron chi connectivity index (χ3n) is 3.10. The van der Waals surface area contributed by atoms with Gasteiger partial charge in [-0.25, -0.2) is 4.79 Å². The Morgan fingerprint density at radius 3 is 2.57 bits per heavy atom. The number of rotatable bonds is 1. The molecule has 0 aromatic rings. The van der Waals surface area contributed by atoms with Crippen molar-refractivity contribution in [3.63, 3.8) is 0 Å². The molecule has 3 nitrogen and oxygen atoms in total. The third-order valence-corrected chi connectivity index (χ3v) is 3.82. The van der Waals surface area contributed by atoms with E-state index >= 15 is 0 Å². The standard InChI is InChI=1S/C10H13IO3/c1-7-6-10(13-9(7)12)4-2-8(14-11)3-5-10/h8H,1-6H2. The Balaban J connectivity index is 2.00. The molecular formula is C10H13IO3. The normalized spacial score (nSPS) is 37.6. The van der Waals surface area contributed by atoms with Crippen LogP contribution in [-0.2, 0) is 12.6 Å². The van der Waals surface area contributed by atoms with E-state index in [1.807, 2.05) is 23.0 Å². The maximum Gasteiger partial charge on any atom is 0.334 e. The van der Waals surface area contributed by atoms with Crippen LogP contribution in [0.15, 0.2) is 12.2 Å². The van der Waals surface area contributed by atoms with E-state index in [1.54, 1.807) is 0 Å². The fourth-order valence-corrected chi connectivity index (χ4v) is 2.76. The minimum absolute atomic E-state index is 0.209. The monoisotopic (exact) mass is 308 g/mol. The van der Waals surface area contributed by atoms with E-state index < -0.39 is 0 Å². The molecule has 0 unspecified atom stereocenters. The molecule has 1 spiro atoms. The average molecular weight is 308 g/mol. The first kappa shape index (κ1) is 10.4. The van der Waals surface area contributed by atoms with Gasteiger partial charge in [0.05, 0.1) is 6.10 Å². The summed E-state index contributed by atoms with van der Waals surface area (Å²) in [5.74, 6) is -0.209. The highest BCUT2D eigenvalue weighted by atomic mass is 127. The molecule has 0 atom stereocenters. The Hall–Kier alpha value is -0.100. The lowest BCUT2D eigenvalue weighted by atomic mass is 9.81. The first-order valence-electron chi connectivity index (χ1n) is 4.84. The van der Waals surface area contributed by atoms with Gasteiger partial charge in [-0.05, 0) is 25.7 Å². The topological polar surface area (TPSA) is 35.5 Å². The number of ether oxygens (including phenoxy) is 1. The maximum absolute atomic E-state index is 11.2. The molecular weight excluding hydrogens is 295 g/mol. The SMILES string of the molecule is C=C1CC2(CCC(OI)CC2)OC1=O. The van der Waals surface area contributed by atoms with Crippen LogP contribution in [0.2, 0.25) is 0 Å². The first-order chi connectivity index (χ1) is 6.65. The van der Waals surface area contributed by atoms with Crippen LogP contribution in [-0.4, -0.2) is 17.7 Å². The lowest BCUT2D eigenvalue weighted by molar-refractivity contribution is -0.150. The summed E-state index contributed by atoms with van der Waals surface area (Å²) in [7, 11) is 0.